The van der Waals surface area contributed by atoms with Crippen LogP contribution in [0.15, 0.2) is 16.6 Å². The molecule has 0 radical (unpaired) electrons. The summed E-state index contributed by atoms with van der Waals surface area (Å²) >= 11 is 7.36. The molecule has 5 nitrogen and oxygen atoms in total. The topological polar surface area (TPSA) is 54.7 Å². The number of thiazole rings is 1. The Bertz CT molecular complexity index is 663. The van der Waals surface area contributed by atoms with Crippen molar-refractivity contribution < 1.29 is 8.42 Å². The molecular weight excluding hydrogens is 306 g/mol. The van der Waals surface area contributed by atoms with Crippen molar-refractivity contribution in [3.63, 3.8) is 0 Å². The zero-order chi connectivity index (χ0) is 14.0. The molecule has 2 rings (SSSR count). The summed E-state index contributed by atoms with van der Waals surface area (Å²) in [5.41, 5.74) is 0. The van der Waals surface area contributed by atoms with Gasteiger partial charge in [-0.1, -0.05) is 31.9 Å². The number of nitrogens with zero attached hydrogens (tertiary/aromatic N) is 3. The van der Waals surface area contributed by atoms with Gasteiger partial charge in [0.05, 0.1) is 0 Å². The van der Waals surface area contributed by atoms with Crippen molar-refractivity contribution in [2.24, 2.45) is 0 Å². The smallest absolute Gasteiger partial charge is 0.262 e. The summed E-state index contributed by atoms with van der Waals surface area (Å²) in [7, 11) is -3.60. The van der Waals surface area contributed by atoms with Crippen LogP contribution in [0.5, 0.6) is 0 Å². The number of unbranched alkanes of at least 4 members (excludes halogenated alkanes) is 1. The van der Waals surface area contributed by atoms with Gasteiger partial charge in [0, 0.05) is 24.7 Å². The lowest BCUT2D eigenvalue weighted by Crippen LogP contribution is -2.32. The highest BCUT2D eigenvalue weighted by Crippen LogP contribution is 2.27. The zero-order valence-corrected chi connectivity index (χ0v) is 13.2. The van der Waals surface area contributed by atoms with Gasteiger partial charge < -0.3 is 0 Å². The van der Waals surface area contributed by atoms with E-state index in [1.165, 1.54) is 20.0 Å². The largest absolute Gasteiger partial charge is 0.279 e. The first kappa shape index (κ1) is 14.8. The molecule has 19 heavy (non-hydrogen) atoms. The van der Waals surface area contributed by atoms with Crippen LogP contribution in [0.3, 0.4) is 0 Å². The van der Waals surface area contributed by atoms with Gasteiger partial charge in [-0.05, 0) is 6.42 Å². The monoisotopic (exact) mass is 321 g/mol. The van der Waals surface area contributed by atoms with Crippen molar-refractivity contribution in [3.05, 3.63) is 16.7 Å². The molecule has 106 valence electrons. The van der Waals surface area contributed by atoms with Gasteiger partial charge in [0.15, 0.2) is 15.1 Å². The first-order chi connectivity index (χ1) is 9.02. The lowest BCUT2D eigenvalue weighted by atomic mass is 10.3. The molecule has 0 spiro atoms. The second-order valence-corrected chi connectivity index (χ2v) is 7.20. The summed E-state index contributed by atoms with van der Waals surface area (Å²) in [4.78, 5) is 4.67. The van der Waals surface area contributed by atoms with E-state index in [2.05, 4.69) is 4.98 Å². The first-order valence-electron chi connectivity index (χ1n) is 6.13. The third-order valence-corrected chi connectivity index (χ3v) is 6.01. The highest BCUT2D eigenvalue weighted by molar-refractivity contribution is 7.89. The van der Waals surface area contributed by atoms with E-state index in [0.717, 1.165) is 12.8 Å². The number of sulfonamides is 1. The molecule has 2 aromatic rings. The molecule has 0 aromatic carbocycles. The summed E-state index contributed by atoms with van der Waals surface area (Å²) in [6.45, 7) is 4.79. The molecule has 0 unspecified atom stereocenters. The molecule has 0 atom stereocenters. The van der Waals surface area contributed by atoms with Crippen LogP contribution in [0.1, 0.15) is 26.7 Å². The fourth-order valence-corrected chi connectivity index (χ4v) is 4.77. The molecule has 0 N–H and O–H groups in total. The molecular formula is C11H16ClN3O2S2. The Morgan fingerprint density at radius 2 is 2.21 bits per heavy atom. The quantitative estimate of drug-likeness (QED) is 0.822. The minimum absolute atomic E-state index is 0.0433. The summed E-state index contributed by atoms with van der Waals surface area (Å²) in [5, 5.41) is 1.91. The number of imidazole rings is 1. The molecule has 2 aromatic heterocycles. The summed E-state index contributed by atoms with van der Waals surface area (Å²) < 4.78 is 28.3. The maximum absolute atomic E-state index is 12.6. The first-order valence-corrected chi connectivity index (χ1v) is 8.83. The van der Waals surface area contributed by atoms with Crippen LogP contribution in [-0.4, -0.2) is 35.2 Å². The SMILES string of the molecule is CCCCN(CC)S(=O)(=O)c1c(Cl)nc2sccn12. The lowest BCUT2D eigenvalue weighted by molar-refractivity contribution is 0.416. The van der Waals surface area contributed by atoms with Crippen LogP contribution in [0.4, 0.5) is 0 Å². The van der Waals surface area contributed by atoms with Crippen molar-refractivity contribution in [3.8, 4) is 0 Å². The fraction of sp³-hybridized carbons (Fsp3) is 0.545. The maximum Gasteiger partial charge on any atom is 0.262 e. The van der Waals surface area contributed by atoms with E-state index in [-0.39, 0.29) is 10.2 Å². The number of hydrogen-bond acceptors (Lipinski definition) is 4. The van der Waals surface area contributed by atoms with Crippen molar-refractivity contribution >= 4 is 37.9 Å². The van der Waals surface area contributed by atoms with Gasteiger partial charge in [-0.25, -0.2) is 13.4 Å². The second-order valence-electron chi connectivity index (χ2n) is 4.11. The molecule has 0 aliphatic heterocycles. The molecule has 2 heterocycles. The van der Waals surface area contributed by atoms with Crippen LogP contribution >= 0.6 is 22.9 Å². The van der Waals surface area contributed by atoms with Gasteiger partial charge in [-0.3, -0.25) is 4.40 Å². The van der Waals surface area contributed by atoms with Gasteiger partial charge in [-0.15, -0.1) is 11.3 Å². The van der Waals surface area contributed by atoms with Gasteiger partial charge in [0.25, 0.3) is 10.0 Å². The summed E-state index contributed by atoms with van der Waals surface area (Å²) in [5.74, 6) is 0. The number of hydrogen-bond donors (Lipinski definition) is 0. The van der Waals surface area contributed by atoms with Gasteiger partial charge in [0.1, 0.15) is 0 Å². The van der Waals surface area contributed by atoms with Gasteiger partial charge >= 0.3 is 0 Å². The van der Waals surface area contributed by atoms with Crippen LogP contribution < -0.4 is 0 Å². The van der Waals surface area contributed by atoms with Crippen molar-refractivity contribution in [1.29, 1.82) is 0 Å². The third kappa shape index (κ3) is 2.65. The van der Waals surface area contributed by atoms with E-state index in [1.807, 2.05) is 13.8 Å². The van der Waals surface area contributed by atoms with Crippen LogP contribution in [-0.2, 0) is 10.0 Å². The minimum Gasteiger partial charge on any atom is -0.279 e. The summed E-state index contributed by atoms with van der Waals surface area (Å²) in [6.07, 6.45) is 3.45. The molecule has 8 heteroatoms. The van der Waals surface area contributed by atoms with E-state index < -0.39 is 10.0 Å². The molecule has 0 saturated carbocycles. The Morgan fingerprint density at radius 3 is 2.84 bits per heavy atom. The Morgan fingerprint density at radius 1 is 1.47 bits per heavy atom. The average Bonchev–Trinajstić information content (AvgIpc) is 2.88. The standard InChI is InChI=1S/C11H16ClN3O2S2/c1-3-5-6-14(4-2)19(16,17)10-9(12)13-11-15(10)7-8-18-11/h7-8H,3-6H2,1-2H3. The van der Waals surface area contributed by atoms with E-state index in [1.54, 1.807) is 11.6 Å². The van der Waals surface area contributed by atoms with E-state index in [0.29, 0.717) is 18.1 Å². The van der Waals surface area contributed by atoms with Gasteiger partial charge in [-0.2, -0.15) is 4.31 Å². The van der Waals surface area contributed by atoms with Crippen molar-refractivity contribution in [2.45, 2.75) is 31.7 Å². The van der Waals surface area contributed by atoms with Crippen LogP contribution in [0, 0.1) is 0 Å². The summed E-state index contributed by atoms with van der Waals surface area (Å²) in [6, 6.07) is 0. The average molecular weight is 322 g/mol. The predicted octanol–water partition coefficient (Wildman–Crippen LogP) is 2.86. The van der Waals surface area contributed by atoms with E-state index >= 15 is 0 Å². The van der Waals surface area contributed by atoms with Crippen molar-refractivity contribution in [2.75, 3.05) is 13.1 Å². The molecule has 0 aliphatic carbocycles. The Balaban J connectivity index is 2.48. The molecule has 0 saturated heterocycles. The van der Waals surface area contributed by atoms with E-state index in [9.17, 15) is 8.42 Å². The Labute approximate surface area is 121 Å². The second kappa shape index (κ2) is 5.78. The number of rotatable bonds is 6. The predicted molar refractivity (Wildman–Crippen MR) is 77.4 cm³/mol. The van der Waals surface area contributed by atoms with Gasteiger partial charge in [0.2, 0.25) is 0 Å². The number of fused-ring (bicyclic) bond motifs is 1. The molecule has 0 amide bonds. The lowest BCUT2D eigenvalue weighted by Gasteiger charge is -2.19. The normalized spacial score (nSPS) is 12.6. The molecule has 0 fully saturated rings. The third-order valence-electron chi connectivity index (χ3n) is 2.88. The highest BCUT2D eigenvalue weighted by atomic mass is 35.5. The Kier molecular flexibility index (Phi) is 4.50. The Hall–Kier alpha value is -0.630. The number of halogens is 1. The molecule has 0 bridgehead atoms. The number of aromatic nitrogens is 2. The van der Waals surface area contributed by atoms with Crippen LogP contribution in [0.2, 0.25) is 5.15 Å². The fourth-order valence-electron chi connectivity index (χ4n) is 1.87. The molecule has 0 aliphatic rings. The maximum atomic E-state index is 12.6. The van der Waals surface area contributed by atoms with Crippen LogP contribution in [0.25, 0.3) is 4.96 Å². The minimum atomic E-state index is -3.60. The van der Waals surface area contributed by atoms with E-state index in [4.69, 9.17) is 11.6 Å². The van der Waals surface area contributed by atoms with Crippen molar-refractivity contribution in [1.82, 2.24) is 13.7 Å². The highest BCUT2D eigenvalue weighted by Gasteiger charge is 2.30. The zero-order valence-electron chi connectivity index (χ0n) is 10.8.